The van der Waals surface area contributed by atoms with Gasteiger partial charge in [0.25, 0.3) is 0 Å². The molecule has 25 heavy (non-hydrogen) atoms. The van der Waals surface area contributed by atoms with Crippen molar-refractivity contribution in [2.45, 2.75) is 25.6 Å². The number of esters is 1. The highest BCUT2D eigenvalue weighted by Gasteiger charge is 2.06. The van der Waals surface area contributed by atoms with Crippen LogP contribution < -0.4 is 5.32 Å². The topological polar surface area (TPSA) is 80.7 Å². The lowest BCUT2D eigenvalue weighted by Gasteiger charge is -2.12. The maximum atomic E-state index is 11.6. The van der Waals surface area contributed by atoms with Crippen molar-refractivity contribution in [1.82, 2.24) is 4.98 Å². The van der Waals surface area contributed by atoms with Crippen LogP contribution in [0.4, 0.5) is 5.82 Å². The van der Waals surface area contributed by atoms with Gasteiger partial charge >= 0.3 is 5.97 Å². The van der Waals surface area contributed by atoms with Crippen LogP contribution >= 0.6 is 0 Å². The van der Waals surface area contributed by atoms with Crippen LogP contribution in [0.15, 0.2) is 54.7 Å². The van der Waals surface area contributed by atoms with Crippen molar-refractivity contribution >= 4 is 11.8 Å². The lowest BCUT2D eigenvalue weighted by atomic mass is 10.2. The molecule has 1 unspecified atom stereocenters. The van der Waals surface area contributed by atoms with Crippen molar-refractivity contribution in [3.05, 3.63) is 60.3 Å². The number of rotatable bonds is 11. The SMILES string of the molecule is O=C(CCCOCC(O)CNc1ccccn1)OCc1ccccc1. The van der Waals surface area contributed by atoms with Crippen molar-refractivity contribution < 1.29 is 19.4 Å². The summed E-state index contributed by atoms with van der Waals surface area (Å²) in [5, 5.41) is 12.8. The fraction of sp³-hybridized carbons (Fsp3) is 0.368. The molecule has 1 atom stereocenters. The molecule has 2 aromatic rings. The van der Waals surface area contributed by atoms with Crippen molar-refractivity contribution in [1.29, 1.82) is 0 Å². The van der Waals surface area contributed by atoms with Gasteiger partial charge in [-0.15, -0.1) is 0 Å². The second-order valence-electron chi connectivity index (χ2n) is 5.57. The highest BCUT2D eigenvalue weighted by molar-refractivity contribution is 5.69. The van der Waals surface area contributed by atoms with E-state index in [0.29, 0.717) is 38.4 Å². The Balaban J connectivity index is 1.47. The molecule has 0 aliphatic carbocycles. The summed E-state index contributed by atoms with van der Waals surface area (Å²) in [6, 6.07) is 15.1. The number of aliphatic hydroxyl groups excluding tert-OH is 1. The number of pyridine rings is 1. The Morgan fingerprint density at radius 2 is 1.96 bits per heavy atom. The fourth-order valence-electron chi connectivity index (χ4n) is 2.10. The van der Waals surface area contributed by atoms with Gasteiger partial charge in [0, 0.05) is 25.8 Å². The Labute approximate surface area is 147 Å². The molecule has 0 radical (unpaired) electrons. The molecule has 6 nitrogen and oxygen atoms in total. The van der Waals surface area contributed by atoms with E-state index in [1.807, 2.05) is 48.5 Å². The van der Waals surface area contributed by atoms with Crippen LogP contribution in [0.1, 0.15) is 18.4 Å². The van der Waals surface area contributed by atoms with Crippen LogP contribution in [0.2, 0.25) is 0 Å². The molecule has 0 fully saturated rings. The van der Waals surface area contributed by atoms with Gasteiger partial charge in [-0.2, -0.15) is 0 Å². The lowest BCUT2D eigenvalue weighted by molar-refractivity contribution is -0.145. The Bertz CT molecular complexity index is 607. The summed E-state index contributed by atoms with van der Waals surface area (Å²) in [5.74, 6) is 0.465. The Morgan fingerprint density at radius 3 is 2.72 bits per heavy atom. The van der Waals surface area contributed by atoms with E-state index in [-0.39, 0.29) is 12.6 Å². The van der Waals surface area contributed by atoms with E-state index >= 15 is 0 Å². The molecule has 0 saturated heterocycles. The summed E-state index contributed by atoms with van der Waals surface area (Å²) in [5.41, 5.74) is 0.968. The normalized spacial score (nSPS) is 11.7. The van der Waals surface area contributed by atoms with Crippen LogP contribution in [0.3, 0.4) is 0 Å². The number of carbonyl (C=O) groups is 1. The third kappa shape index (κ3) is 8.28. The molecule has 1 aromatic carbocycles. The number of carbonyl (C=O) groups excluding carboxylic acids is 1. The highest BCUT2D eigenvalue weighted by Crippen LogP contribution is 2.03. The number of hydrogen-bond donors (Lipinski definition) is 2. The molecule has 0 saturated carbocycles. The number of aromatic nitrogens is 1. The van der Waals surface area contributed by atoms with Gasteiger partial charge in [0.2, 0.25) is 0 Å². The summed E-state index contributed by atoms with van der Waals surface area (Å²) in [4.78, 5) is 15.7. The van der Waals surface area contributed by atoms with Crippen LogP contribution in [0.5, 0.6) is 0 Å². The molecule has 0 bridgehead atoms. The van der Waals surface area contributed by atoms with Crippen LogP contribution in [-0.2, 0) is 20.9 Å². The number of benzene rings is 1. The molecule has 134 valence electrons. The average molecular weight is 344 g/mol. The third-order valence-corrected chi connectivity index (χ3v) is 3.41. The van der Waals surface area contributed by atoms with E-state index in [4.69, 9.17) is 9.47 Å². The molecule has 0 amide bonds. The summed E-state index contributed by atoms with van der Waals surface area (Å²) >= 11 is 0. The van der Waals surface area contributed by atoms with Gasteiger partial charge in [-0.1, -0.05) is 36.4 Å². The Morgan fingerprint density at radius 1 is 1.16 bits per heavy atom. The molecule has 2 N–H and O–H groups in total. The van der Waals surface area contributed by atoms with Crippen molar-refractivity contribution in [2.24, 2.45) is 0 Å². The average Bonchev–Trinajstić information content (AvgIpc) is 2.66. The van der Waals surface area contributed by atoms with Gasteiger partial charge in [0.15, 0.2) is 0 Å². The Hall–Kier alpha value is -2.44. The lowest BCUT2D eigenvalue weighted by Crippen LogP contribution is -2.25. The molecule has 0 spiro atoms. The predicted molar refractivity (Wildman–Crippen MR) is 95.0 cm³/mol. The first-order chi connectivity index (χ1) is 12.2. The van der Waals surface area contributed by atoms with Crippen molar-refractivity contribution in [3.63, 3.8) is 0 Å². The van der Waals surface area contributed by atoms with E-state index in [1.54, 1.807) is 6.20 Å². The number of nitrogens with one attached hydrogen (secondary N) is 1. The predicted octanol–water partition coefficient (Wildman–Crippen LogP) is 2.39. The largest absolute Gasteiger partial charge is 0.461 e. The molecule has 0 aliphatic heterocycles. The van der Waals surface area contributed by atoms with Crippen LogP contribution in [-0.4, -0.2) is 41.9 Å². The second-order valence-corrected chi connectivity index (χ2v) is 5.57. The minimum atomic E-state index is -0.632. The summed E-state index contributed by atoms with van der Waals surface area (Å²) in [6.45, 7) is 1.26. The zero-order valence-corrected chi connectivity index (χ0v) is 14.1. The number of aliphatic hydroxyl groups is 1. The maximum absolute atomic E-state index is 11.6. The first-order valence-electron chi connectivity index (χ1n) is 8.34. The number of nitrogens with zero attached hydrogens (tertiary/aromatic N) is 1. The fourth-order valence-corrected chi connectivity index (χ4v) is 2.10. The quantitative estimate of drug-likeness (QED) is 0.481. The highest BCUT2D eigenvalue weighted by atomic mass is 16.5. The van der Waals surface area contributed by atoms with Gasteiger partial charge in [-0.05, 0) is 24.1 Å². The summed E-state index contributed by atoms with van der Waals surface area (Å²) < 4.78 is 10.6. The first kappa shape index (κ1) is 18.9. The van der Waals surface area contributed by atoms with E-state index in [1.165, 1.54) is 0 Å². The monoisotopic (exact) mass is 344 g/mol. The zero-order valence-electron chi connectivity index (χ0n) is 14.1. The first-order valence-corrected chi connectivity index (χ1v) is 8.34. The van der Waals surface area contributed by atoms with Gasteiger partial charge in [-0.3, -0.25) is 4.79 Å². The standard InChI is InChI=1S/C19H24N2O4/c22-17(13-21-18-9-4-5-11-20-18)15-24-12-6-10-19(23)25-14-16-7-2-1-3-8-16/h1-5,7-9,11,17,22H,6,10,12-15H2,(H,20,21). The van der Waals surface area contributed by atoms with E-state index in [2.05, 4.69) is 10.3 Å². The van der Waals surface area contributed by atoms with Crippen LogP contribution in [0, 0.1) is 0 Å². The van der Waals surface area contributed by atoms with Gasteiger partial charge in [0.1, 0.15) is 12.4 Å². The molecule has 1 heterocycles. The number of anilines is 1. The summed E-state index contributed by atoms with van der Waals surface area (Å²) in [7, 11) is 0. The van der Waals surface area contributed by atoms with E-state index in [9.17, 15) is 9.90 Å². The zero-order chi connectivity index (χ0) is 17.7. The number of ether oxygens (including phenoxy) is 2. The van der Waals surface area contributed by atoms with Gasteiger partial charge < -0.3 is 19.9 Å². The molecule has 2 rings (SSSR count). The van der Waals surface area contributed by atoms with Crippen molar-refractivity contribution in [2.75, 3.05) is 25.1 Å². The molecular weight excluding hydrogens is 320 g/mol. The van der Waals surface area contributed by atoms with Gasteiger partial charge in [0.05, 0.1) is 12.7 Å². The summed E-state index contributed by atoms with van der Waals surface area (Å²) in [6.07, 6.45) is 1.91. The van der Waals surface area contributed by atoms with E-state index in [0.717, 1.165) is 5.56 Å². The van der Waals surface area contributed by atoms with Crippen molar-refractivity contribution in [3.8, 4) is 0 Å². The molecule has 0 aliphatic rings. The van der Waals surface area contributed by atoms with Crippen LogP contribution in [0.25, 0.3) is 0 Å². The molecule has 1 aromatic heterocycles. The second kappa shape index (κ2) is 11.2. The minimum absolute atomic E-state index is 0.207. The van der Waals surface area contributed by atoms with E-state index < -0.39 is 6.10 Å². The van der Waals surface area contributed by atoms with Gasteiger partial charge in [-0.25, -0.2) is 4.98 Å². The third-order valence-electron chi connectivity index (χ3n) is 3.41. The maximum Gasteiger partial charge on any atom is 0.306 e. The molecule has 6 heteroatoms. The Kier molecular flexibility index (Phi) is 8.44. The minimum Gasteiger partial charge on any atom is -0.461 e. The molecular formula is C19H24N2O4. The number of hydrogen-bond acceptors (Lipinski definition) is 6. The smallest absolute Gasteiger partial charge is 0.306 e.